The number of aromatic nitrogens is 7. The molecule has 0 saturated carbocycles. The number of halogens is 8. The number of benzene rings is 1. The number of amides is 2. The van der Waals surface area contributed by atoms with Crippen LogP contribution in [0.25, 0.3) is 5.82 Å². The van der Waals surface area contributed by atoms with Crippen LogP contribution in [-0.2, 0) is 12.2 Å². The van der Waals surface area contributed by atoms with Crippen molar-refractivity contribution in [3.8, 4) is 11.9 Å². The molecule has 0 aliphatic rings. The first-order valence-electron chi connectivity index (χ1n) is 11.9. The zero-order chi connectivity index (χ0) is 32.6. The van der Waals surface area contributed by atoms with E-state index in [9.17, 15) is 45.6 Å². The normalized spacial score (nSPS) is 12.1. The maximum atomic E-state index is 14.4. The summed E-state index contributed by atoms with van der Waals surface area (Å²) in [6.07, 6.45) is -11.6. The standard InChI is InChI=1S/C24H16ClF7N10O2/c1-11-6-12(9-33)7-14(19(43)34-2)17(11)36-20(44)16-8-13(38-42(16)18-15(25)4-3-5-35-18)10-41-39-21(37-40-41)22(26,23(27,28)29)24(30,31)32/h3-8H,10H2,1-2H3,(H,34,43)(H,36,44). The molecule has 1 aromatic carbocycles. The van der Waals surface area contributed by atoms with Gasteiger partial charge in [0.25, 0.3) is 11.8 Å². The summed E-state index contributed by atoms with van der Waals surface area (Å²) in [4.78, 5) is 30.3. The minimum absolute atomic E-state index is 0.0101. The van der Waals surface area contributed by atoms with E-state index in [2.05, 4.69) is 36.1 Å². The van der Waals surface area contributed by atoms with Crippen LogP contribution in [0.2, 0.25) is 5.02 Å². The van der Waals surface area contributed by atoms with Crippen molar-refractivity contribution < 1.29 is 40.3 Å². The van der Waals surface area contributed by atoms with Gasteiger partial charge in [-0.2, -0.15) is 41.5 Å². The zero-order valence-electron chi connectivity index (χ0n) is 22.1. The van der Waals surface area contributed by atoms with Crippen LogP contribution in [0.3, 0.4) is 0 Å². The molecule has 4 aromatic rings. The second-order valence-electron chi connectivity index (χ2n) is 8.90. The Morgan fingerprint density at radius 2 is 1.73 bits per heavy atom. The summed E-state index contributed by atoms with van der Waals surface area (Å²) < 4.78 is 93.9. The molecule has 2 N–H and O–H groups in total. The van der Waals surface area contributed by atoms with Crippen molar-refractivity contribution in [3.05, 3.63) is 75.5 Å². The number of aryl methyl sites for hydroxylation is 1. The van der Waals surface area contributed by atoms with Crippen LogP contribution in [0.1, 0.15) is 43.5 Å². The maximum absolute atomic E-state index is 14.4. The van der Waals surface area contributed by atoms with E-state index in [4.69, 9.17) is 11.6 Å². The Morgan fingerprint density at radius 3 is 2.32 bits per heavy atom. The predicted octanol–water partition coefficient (Wildman–Crippen LogP) is 4.04. The van der Waals surface area contributed by atoms with Crippen molar-refractivity contribution in [3.63, 3.8) is 0 Å². The van der Waals surface area contributed by atoms with Crippen molar-refractivity contribution >= 4 is 29.1 Å². The summed E-state index contributed by atoms with van der Waals surface area (Å²) in [5.74, 6) is -3.98. The number of pyridine rings is 1. The van der Waals surface area contributed by atoms with E-state index in [1.54, 1.807) is 0 Å². The van der Waals surface area contributed by atoms with Gasteiger partial charge < -0.3 is 10.6 Å². The molecule has 4 rings (SSSR count). The second-order valence-corrected chi connectivity index (χ2v) is 9.31. The highest BCUT2D eigenvalue weighted by molar-refractivity contribution is 6.32. The molecular formula is C24H16ClF7N10O2. The van der Waals surface area contributed by atoms with Gasteiger partial charge in [0.05, 0.1) is 33.6 Å². The molecule has 0 radical (unpaired) electrons. The lowest BCUT2D eigenvalue weighted by Crippen LogP contribution is -2.51. The number of anilines is 1. The highest BCUT2D eigenvalue weighted by Gasteiger charge is 2.76. The van der Waals surface area contributed by atoms with E-state index in [-0.39, 0.29) is 43.8 Å². The van der Waals surface area contributed by atoms with Gasteiger partial charge in [-0.3, -0.25) is 9.59 Å². The molecule has 0 aliphatic heterocycles. The Balaban J connectivity index is 1.77. The fraction of sp³-hybridized carbons (Fsp3) is 0.250. The number of hydrogen-bond acceptors (Lipinski definition) is 8. The lowest BCUT2D eigenvalue weighted by molar-refractivity contribution is -0.351. The van der Waals surface area contributed by atoms with E-state index in [1.165, 1.54) is 44.4 Å². The molecule has 0 atom stereocenters. The fourth-order valence-electron chi connectivity index (χ4n) is 3.88. The molecular weight excluding hydrogens is 629 g/mol. The molecule has 3 aromatic heterocycles. The molecule has 0 bridgehead atoms. The van der Waals surface area contributed by atoms with E-state index < -0.39 is 42.2 Å². The quantitative estimate of drug-likeness (QED) is 0.286. The monoisotopic (exact) mass is 644 g/mol. The van der Waals surface area contributed by atoms with Crippen molar-refractivity contribution in [2.24, 2.45) is 0 Å². The molecule has 0 fully saturated rings. The molecule has 0 saturated heterocycles. The van der Waals surface area contributed by atoms with Gasteiger partial charge in [-0.05, 0) is 48.0 Å². The third kappa shape index (κ3) is 5.75. The summed E-state index contributed by atoms with van der Waals surface area (Å²) in [5, 5.41) is 26.9. The third-order valence-corrected chi connectivity index (χ3v) is 6.25. The van der Waals surface area contributed by atoms with Crippen molar-refractivity contribution in [1.29, 1.82) is 5.26 Å². The summed E-state index contributed by atoms with van der Waals surface area (Å²) in [7, 11) is 1.33. The van der Waals surface area contributed by atoms with Crippen LogP contribution in [0.15, 0.2) is 36.5 Å². The minimum atomic E-state index is -6.46. The first kappa shape index (κ1) is 31.8. The molecule has 12 nitrogen and oxygen atoms in total. The number of carbonyl (C=O) groups excluding carboxylic acids is 2. The summed E-state index contributed by atoms with van der Waals surface area (Å²) in [5.41, 5.74) is -6.07. The van der Waals surface area contributed by atoms with E-state index in [1.807, 2.05) is 6.07 Å². The SMILES string of the molecule is CNC(=O)c1cc(C#N)cc(C)c1NC(=O)c1cc(Cn2nnc(C(F)(C(F)(F)F)C(F)(F)F)n2)nn1-c1ncccc1Cl. The largest absolute Gasteiger partial charge is 0.439 e. The highest BCUT2D eigenvalue weighted by atomic mass is 35.5. The molecule has 20 heteroatoms. The first-order valence-corrected chi connectivity index (χ1v) is 12.3. The number of tetrazole rings is 1. The van der Waals surface area contributed by atoms with Gasteiger partial charge in [-0.25, -0.2) is 14.1 Å². The smallest absolute Gasteiger partial charge is 0.355 e. The summed E-state index contributed by atoms with van der Waals surface area (Å²) in [6.45, 7) is 0.734. The van der Waals surface area contributed by atoms with Crippen LogP contribution in [0.5, 0.6) is 0 Å². The van der Waals surface area contributed by atoms with Crippen molar-refractivity contribution in [1.82, 2.24) is 40.3 Å². The van der Waals surface area contributed by atoms with Gasteiger partial charge in [-0.15, -0.1) is 10.2 Å². The van der Waals surface area contributed by atoms with Crippen LogP contribution in [0, 0.1) is 18.3 Å². The fourth-order valence-corrected chi connectivity index (χ4v) is 4.08. The topological polar surface area (TPSA) is 156 Å². The lowest BCUT2D eigenvalue weighted by atomic mass is 10.0. The average molecular weight is 645 g/mol. The minimum Gasteiger partial charge on any atom is -0.355 e. The molecule has 44 heavy (non-hydrogen) atoms. The summed E-state index contributed by atoms with van der Waals surface area (Å²) in [6, 6.07) is 8.43. The van der Waals surface area contributed by atoms with Crippen LogP contribution in [0.4, 0.5) is 36.4 Å². The Labute approximate surface area is 246 Å². The van der Waals surface area contributed by atoms with E-state index >= 15 is 0 Å². The maximum Gasteiger partial charge on any atom is 0.439 e. The zero-order valence-corrected chi connectivity index (χ0v) is 22.8. The third-order valence-electron chi connectivity index (χ3n) is 5.95. The summed E-state index contributed by atoms with van der Waals surface area (Å²) >= 11 is 6.21. The van der Waals surface area contributed by atoms with Crippen LogP contribution < -0.4 is 10.6 Å². The van der Waals surface area contributed by atoms with Gasteiger partial charge in [0.1, 0.15) is 12.2 Å². The van der Waals surface area contributed by atoms with Crippen molar-refractivity contribution in [2.75, 3.05) is 12.4 Å². The van der Waals surface area contributed by atoms with Crippen LogP contribution >= 0.6 is 11.6 Å². The number of alkyl halides is 7. The number of nitrogens with one attached hydrogen (secondary N) is 2. The van der Waals surface area contributed by atoms with Gasteiger partial charge in [-0.1, -0.05) is 11.6 Å². The van der Waals surface area contributed by atoms with Crippen LogP contribution in [-0.4, -0.2) is 66.2 Å². The molecule has 0 unspecified atom stereocenters. The molecule has 2 amide bonds. The van der Waals surface area contributed by atoms with Gasteiger partial charge in [0.2, 0.25) is 5.82 Å². The average Bonchev–Trinajstić information content (AvgIpc) is 3.59. The lowest BCUT2D eigenvalue weighted by Gasteiger charge is -2.26. The van der Waals surface area contributed by atoms with Crippen molar-refractivity contribution in [2.45, 2.75) is 31.5 Å². The molecule has 0 spiro atoms. The number of hydrogen-bond donors (Lipinski definition) is 2. The van der Waals surface area contributed by atoms with Gasteiger partial charge in [0.15, 0.2) is 5.82 Å². The Kier molecular flexibility index (Phi) is 8.33. The van der Waals surface area contributed by atoms with Gasteiger partial charge >= 0.3 is 18.0 Å². The molecule has 0 aliphatic carbocycles. The second kappa shape index (κ2) is 11.5. The van der Waals surface area contributed by atoms with E-state index in [0.29, 0.717) is 5.56 Å². The van der Waals surface area contributed by atoms with Gasteiger partial charge in [0, 0.05) is 13.2 Å². The predicted molar refractivity (Wildman–Crippen MR) is 135 cm³/mol. The van der Waals surface area contributed by atoms with E-state index in [0.717, 1.165) is 10.7 Å². The number of nitriles is 1. The Morgan fingerprint density at radius 1 is 1.05 bits per heavy atom. The first-order chi connectivity index (χ1) is 20.5. The number of carbonyl (C=O) groups is 2. The molecule has 3 heterocycles. The number of rotatable bonds is 7. The number of nitrogens with zero attached hydrogens (tertiary/aromatic N) is 8. The molecule has 230 valence electrons. The Bertz CT molecular complexity index is 1780. The highest BCUT2D eigenvalue weighted by Crippen LogP contribution is 2.51. The Hall–Kier alpha value is -5.12.